The summed E-state index contributed by atoms with van der Waals surface area (Å²) in [5, 5.41) is 3.08. The van der Waals surface area contributed by atoms with Crippen LogP contribution in [-0.4, -0.2) is 32.7 Å². The van der Waals surface area contributed by atoms with Crippen molar-refractivity contribution < 1.29 is 22.7 Å². The molecule has 0 atom stereocenters. The highest BCUT2D eigenvalue weighted by atomic mass is 32.2. The fraction of sp³-hybridized carbons (Fsp3) is 0.294. The lowest BCUT2D eigenvalue weighted by Gasteiger charge is -2.13. The number of esters is 1. The molecule has 0 aliphatic carbocycles. The Hall–Kier alpha value is -2.19. The van der Waals surface area contributed by atoms with Crippen LogP contribution in [0.3, 0.4) is 0 Å². The number of rotatable bonds is 4. The highest BCUT2D eigenvalue weighted by Gasteiger charge is 2.32. The van der Waals surface area contributed by atoms with Crippen LogP contribution >= 0.6 is 11.3 Å². The molecule has 1 aliphatic rings. The second-order valence-corrected chi connectivity index (χ2v) is 8.88. The van der Waals surface area contributed by atoms with E-state index in [0.29, 0.717) is 21.0 Å². The summed E-state index contributed by atoms with van der Waals surface area (Å²) in [7, 11) is -3.17. The van der Waals surface area contributed by atoms with E-state index in [1.54, 1.807) is 37.3 Å². The van der Waals surface area contributed by atoms with Gasteiger partial charge in [-0.3, -0.25) is 4.79 Å². The van der Waals surface area contributed by atoms with E-state index in [1.165, 1.54) is 0 Å². The molecule has 1 amide bonds. The van der Waals surface area contributed by atoms with Crippen LogP contribution in [0.2, 0.25) is 0 Å². The van der Waals surface area contributed by atoms with Gasteiger partial charge < -0.3 is 10.1 Å². The molecule has 1 aromatic heterocycles. The summed E-state index contributed by atoms with van der Waals surface area (Å²) in [6.07, 6.45) is 0.253. The first-order valence-corrected chi connectivity index (χ1v) is 10.4. The third-order valence-corrected chi connectivity index (χ3v) is 6.73. The summed E-state index contributed by atoms with van der Waals surface area (Å²) in [5.41, 5.74) is 1.40. The number of hydrogen-bond donors (Lipinski definition) is 1. The number of amides is 1. The molecule has 6 nitrogen and oxygen atoms in total. The SMILES string of the molecule is CCOC(=O)c1c(NC(=O)c2ccccc2)sc2c1CCS(=O)(=O)C2. The molecule has 132 valence electrons. The maximum absolute atomic E-state index is 12.4. The Morgan fingerprint density at radius 1 is 1.24 bits per heavy atom. The van der Waals surface area contributed by atoms with E-state index in [1.807, 2.05) is 0 Å². The van der Waals surface area contributed by atoms with Crippen LogP contribution in [0.5, 0.6) is 0 Å². The Balaban J connectivity index is 1.99. The zero-order chi connectivity index (χ0) is 18.0. The molecule has 0 saturated heterocycles. The molecule has 2 heterocycles. The molecule has 2 aromatic rings. The maximum Gasteiger partial charge on any atom is 0.341 e. The predicted octanol–water partition coefficient (Wildman–Crippen LogP) is 2.65. The Labute approximate surface area is 149 Å². The van der Waals surface area contributed by atoms with Gasteiger partial charge in [0.25, 0.3) is 5.91 Å². The normalized spacial score (nSPS) is 15.2. The minimum atomic E-state index is -3.17. The number of nitrogens with one attached hydrogen (secondary N) is 1. The highest BCUT2D eigenvalue weighted by Crippen LogP contribution is 2.38. The standard InChI is InChI=1S/C17H17NO5S2/c1-2-23-17(20)14-12-8-9-25(21,22)10-13(12)24-16(14)18-15(19)11-6-4-3-5-7-11/h3-7H,2,8-10H2,1H3,(H,18,19). The number of fused-ring (bicyclic) bond motifs is 1. The number of carbonyl (C=O) groups is 2. The van der Waals surface area contributed by atoms with Crippen molar-refractivity contribution in [2.24, 2.45) is 0 Å². The molecule has 0 saturated carbocycles. The zero-order valence-corrected chi connectivity index (χ0v) is 15.2. The smallest absolute Gasteiger partial charge is 0.341 e. The molecule has 25 heavy (non-hydrogen) atoms. The van der Waals surface area contributed by atoms with Crippen LogP contribution in [0.1, 0.15) is 38.1 Å². The van der Waals surface area contributed by atoms with Gasteiger partial charge in [0.1, 0.15) is 5.00 Å². The molecule has 0 spiro atoms. The van der Waals surface area contributed by atoms with Crippen molar-refractivity contribution in [1.82, 2.24) is 0 Å². The third-order valence-electron chi connectivity index (χ3n) is 3.85. The fourth-order valence-electron chi connectivity index (χ4n) is 2.69. The molecule has 1 aromatic carbocycles. The predicted molar refractivity (Wildman–Crippen MR) is 95.9 cm³/mol. The molecule has 8 heteroatoms. The number of ether oxygens (including phenoxy) is 1. The summed E-state index contributed by atoms with van der Waals surface area (Å²) in [6, 6.07) is 8.62. The molecule has 0 unspecified atom stereocenters. The van der Waals surface area contributed by atoms with Crippen LogP contribution in [0.15, 0.2) is 30.3 Å². The van der Waals surface area contributed by atoms with Gasteiger partial charge in [0, 0.05) is 10.4 Å². The summed E-state index contributed by atoms with van der Waals surface area (Å²) < 4.78 is 28.9. The highest BCUT2D eigenvalue weighted by molar-refractivity contribution is 7.90. The Morgan fingerprint density at radius 2 is 1.96 bits per heavy atom. The van der Waals surface area contributed by atoms with Gasteiger partial charge in [-0.25, -0.2) is 13.2 Å². The monoisotopic (exact) mass is 379 g/mol. The minimum absolute atomic E-state index is 0.00475. The number of anilines is 1. The van der Waals surface area contributed by atoms with Gasteiger partial charge in [-0.2, -0.15) is 0 Å². The largest absolute Gasteiger partial charge is 0.462 e. The van der Waals surface area contributed by atoms with E-state index in [2.05, 4.69) is 5.32 Å². The second-order valence-electron chi connectivity index (χ2n) is 5.59. The van der Waals surface area contributed by atoms with Crippen LogP contribution in [0.25, 0.3) is 0 Å². The van der Waals surface area contributed by atoms with Gasteiger partial charge in [0.05, 0.1) is 23.7 Å². The third kappa shape index (κ3) is 3.74. The quantitative estimate of drug-likeness (QED) is 0.825. The average Bonchev–Trinajstić information content (AvgIpc) is 2.91. The summed E-state index contributed by atoms with van der Waals surface area (Å²) in [5.74, 6) is -1.01. The lowest BCUT2D eigenvalue weighted by atomic mass is 10.1. The van der Waals surface area contributed by atoms with E-state index in [-0.39, 0.29) is 36.0 Å². The van der Waals surface area contributed by atoms with Crippen LogP contribution in [0.4, 0.5) is 5.00 Å². The first-order valence-electron chi connectivity index (χ1n) is 7.79. The van der Waals surface area contributed by atoms with Gasteiger partial charge in [-0.1, -0.05) is 18.2 Å². The van der Waals surface area contributed by atoms with Gasteiger partial charge in [0.15, 0.2) is 9.84 Å². The number of carbonyl (C=O) groups excluding carboxylic acids is 2. The van der Waals surface area contributed by atoms with E-state index in [9.17, 15) is 18.0 Å². The fourth-order valence-corrected chi connectivity index (χ4v) is 5.73. The molecule has 1 aliphatic heterocycles. The Bertz CT molecular complexity index is 916. The molecule has 0 radical (unpaired) electrons. The summed E-state index contributed by atoms with van der Waals surface area (Å²) in [6.45, 7) is 1.90. The number of hydrogen-bond acceptors (Lipinski definition) is 6. The van der Waals surface area contributed by atoms with Gasteiger partial charge >= 0.3 is 5.97 Å². The van der Waals surface area contributed by atoms with Gasteiger partial charge in [-0.05, 0) is 31.0 Å². The zero-order valence-electron chi connectivity index (χ0n) is 13.6. The van der Waals surface area contributed by atoms with Gasteiger partial charge in [0.2, 0.25) is 0 Å². The van der Waals surface area contributed by atoms with E-state index in [4.69, 9.17) is 4.74 Å². The molecule has 0 bridgehead atoms. The van der Waals surface area contributed by atoms with E-state index in [0.717, 1.165) is 11.3 Å². The van der Waals surface area contributed by atoms with Crippen LogP contribution in [0, 0.1) is 0 Å². The summed E-state index contributed by atoms with van der Waals surface area (Å²) in [4.78, 5) is 25.4. The first-order chi connectivity index (χ1) is 11.9. The van der Waals surface area contributed by atoms with E-state index < -0.39 is 15.8 Å². The molecule has 1 N–H and O–H groups in total. The Kier molecular flexibility index (Phi) is 4.91. The van der Waals surface area contributed by atoms with Crippen molar-refractivity contribution in [1.29, 1.82) is 0 Å². The molecule has 3 rings (SSSR count). The van der Waals surface area contributed by atoms with Crippen molar-refractivity contribution >= 4 is 38.1 Å². The van der Waals surface area contributed by atoms with Crippen molar-refractivity contribution in [3.8, 4) is 0 Å². The van der Waals surface area contributed by atoms with Crippen molar-refractivity contribution in [3.63, 3.8) is 0 Å². The lowest BCUT2D eigenvalue weighted by Crippen LogP contribution is -2.20. The Morgan fingerprint density at radius 3 is 2.64 bits per heavy atom. The van der Waals surface area contributed by atoms with Crippen molar-refractivity contribution in [2.75, 3.05) is 17.7 Å². The molecule has 0 fully saturated rings. The van der Waals surface area contributed by atoms with Crippen molar-refractivity contribution in [3.05, 3.63) is 51.9 Å². The van der Waals surface area contributed by atoms with Gasteiger partial charge in [-0.15, -0.1) is 11.3 Å². The number of benzene rings is 1. The average molecular weight is 379 g/mol. The van der Waals surface area contributed by atoms with E-state index >= 15 is 0 Å². The summed E-state index contributed by atoms with van der Waals surface area (Å²) >= 11 is 1.13. The lowest BCUT2D eigenvalue weighted by molar-refractivity contribution is 0.0527. The number of thiophene rings is 1. The minimum Gasteiger partial charge on any atom is -0.462 e. The second kappa shape index (κ2) is 6.97. The topological polar surface area (TPSA) is 89.5 Å². The van der Waals surface area contributed by atoms with Crippen LogP contribution in [-0.2, 0) is 26.7 Å². The molecular weight excluding hydrogens is 362 g/mol. The first kappa shape index (κ1) is 17.6. The van der Waals surface area contributed by atoms with Crippen molar-refractivity contribution in [2.45, 2.75) is 19.1 Å². The molecular formula is C17H17NO5S2. The maximum atomic E-state index is 12.4. The van der Waals surface area contributed by atoms with Crippen LogP contribution < -0.4 is 5.32 Å². The number of sulfone groups is 1.